The summed E-state index contributed by atoms with van der Waals surface area (Å²) in [6.07, 6.45) is 1.42. The van der Waals surface area contributed by atoms with Crippen LogP contribution in [-0.2, 0) is 9.47 Å². The lowest BCUT2D eigenvalue weighted by Crippen LogP contribution is -2.11. The van der Waals surface area contributed by atoms with Crippen LogP contribution in [0.3, 0.4) is 0 Å². The summed E-state index contributed by atoms with van der Waals surface area (Å²) in [5.74, 6) is 0.642. The van der Waals surface area contributed by atoms with E-state index in [0.29, 0.717) is 59.7 Å². The first-order valence-corrected chi connectivity index (χ1v) is 9.11. The van der Waals surface area contributed by atoms with Crippen molar-refractivity contribution >= 4 is 38.1 Å². The molecule has 0 bridgehead atoms. The summed E-state index contributed by atoms with van der Waals surface area (Å²) >= 11 is 6.72. The number of halogens is 2. The molecule has 0 spiro atoms. The Kier molecular flexibility index (Phi) is 14.8. The zero-order chi connectivity index (χ0) is 17.5. The van der Waals surface area contributed by atoms with Gasteiger partial charge in [-0.15, -0.1) is 0 Å². The Labute approximate surface area is 154 Å². The van der Waals surface area contributed by atoms with Gasteiger partial charge in [-0.3, -0.25) is 4.79 Å². The average Bonchev–Trinajstić information content (AvgIpc) is 2.57. The molecule has 0 unspecified atom stereocenters. The van der Waals surface area contributed by atoms with Gasteiger partial charge in [-0.25, -0.2) is 0 Å². The van der Waals surface area contributed by atoms with Crippen molar-refractivity contribution < 1.29 is 24.1 Å². The molecule has 0 saturated heterocycles. The van der Waals surface area contributed by atoms with E-state index in [1.165, 1.54) is 0 Å². The highest BCUT2D eigenvalue weighted by Gasteiger charge is 2.08. The van der Waals surface area contributed by atoms with Crippen LogP contribution in [0.15, 0.2) is 21.1 Å². The van der Waals surface area contributed by atoms with E-state index in [2.05, 4.69) is 31.9 Å². The summed E-state index contributed by atoms with van der Waals surface area (Å²) in [5, 5.41) is 8.57. The molecule has 1 aromatic rings. The summed E-state index contributed by atoms with van der Waals surface area (Å²) in [6, 6.07) is 3.39. The summed E-state index contributed by atoms with van der Waals surface area (Å²) in [5.41, 5.74) is 0.567. The second-order valence-corrected chi connectivity index (χ2v) is 5.79. The number of carbonyl (C=O) groups excluding carboxylic acids is 1. The summed E-state index contributed by atoms with van der Waals surface area (Å²) in [4.78, 5) is 10.7. The fourth-order valence-corrected chi connectivity index (χ4v) is 2.93. The van der Waals surface area contributed by atoms with Crippen molar-refractivity contribution in [2.24, 2.45) is 0 Å². The van der Waals surface area contributed by atoms with Crippen molar-refractivity contribution in [1.29, 1.82) is 0 Å². The summed E-state index contributed by atoms with van der Waals surface area (Å²) in [6.45, 7) is 6.51. The maximum atomic E-state index is 10.7. The third kappa shape index (κ3) is 10.1. The Hall–Kier alpha value is -0.470. The molecule has 23 heavy (non-hydrogen) atoms. The van der Waals surface area contributed by atoms with Crippen LogP contribution in [0.2, 0.25) is 0 Å². The molecule has 7 heteroatoms. The van der Waals surface area contributed by atoms with Crippen molar-refractivity contribution in [3.8, 4) is 5.75 Å². The first kappa shape index (κ1) is 22.5. The fourth-order valence-electron chi connectivity index (χ4n) is 1.48. The summed E-state index contributed by atoms with van der Waals surface area (Å²) in [7, 11) is 0. The molecule has 132 valence electrons. The molecule has 0 aliphatic heterocycles. The van der Waals surface area contributed by atoms with Crippen LogP contribution in [0.25, 0.3) is 0 Å². The first-order valence-electron chi connectivity index (χ1n) is 7.52. The normalized spacial score (nSPS) is 9.96. The number of carbonyl (C=O) groups is 1. The highest BCUT2D eigenvalue weighted by molar-refractivity contribution is 9.11. The minimum absolute atomic E-state index is 0.140. The molecule has 1 rings (SSSR count). The molecule has 0 atom stereocenters. The van der Waals surface area contributed by atoms with Crippen molar-refractivity contribution in [3.63, 3.8) is 0 Å². The van der Waals surface area contributed by atoms with Gasteiger partial charge in [0, 0.05) is 18.8 Å². The zero-order valence-corrected chi connectivity index (χ0v) is 16.7. The molecule has 0 radical (unpaired) electrons. The van der Waals surface area contributed by atoms with Crippen molar-refractivity contribution in [3.05, 3.63) is 26.6 Å². The standard InChI is InChI=1S/C14H18Br2O5.C2H6/c15-12-8-11(10-18)9-13(16)14(12)21-7-6-20-5-4-19-3-1-2-17;1-2/h8-10,17H,1-7H2;1-2H3. The maximum absolute atomic E-state index is 10.7. The third-order valence-corrected chi connectivity index (χ3v) is 3.63. The van der Waals surface area contributed by atoms with Gasteiger partial charge in [-0.2, -0.15) is 0 Å². The van der Waals surface area contributed by atoms with Crippen LogP contribution < -0.4 is 4.74 Å². The third-order valence-electron chi connectivity index (χ3n) is 2.45. The highest BCUT2D eigenvalue weighted by Crippen LogP contribution is 2.34. The quantitative estimate of drug-likeness (QED) is 0.405. The topological polar surface area (TPSA) is 65.0 Å². The number of aldehydes is 1. The van der Waals surface area contributed by atoms with Crippen LogP contribution in [0.4, 0.5) is 0 Å². The van der Waals surface area contributed by atoms with E-state index in [-0.39, 0.29) is 6.61 Å². The van der Waals surface area contributed by atoms with Gasteiger partial charge >= 0.3 is 0 Å². The SMILES string of the molecule is CC.O=Cc1cc(Br)c(OCCOCCOCCCO)c(Br)c1. The lowest BCUT2D eigenvalue weighted by Gasteiger charge is -2.11. The molecule has 1 aromatic carbocycles. The van der Waals surface area contributed by atoms with Crippen LogP contribution in [0, 0.1) is 0 Å². The Morgan fingerprint density at radius 1 is 1.00 bits per heavy atom. The van der Waals surface area contributed by atoms with Crippen molar-refractivity contribution in [1.82, 2.24) is 0 Å². The lowest BCUT2D eigenvalue weighted by molar-refractivity contribution is 0.0323. The first-order chi connectivity index (χ1) is 11.2. The predicted molar refractivity (Wildman–Crippen MR) is 97.4 cm³/mol. The average molecular weight is 456 g/mol. The fraction of sp³-hybridized carbons (Fsp3) is 0.562. The number of benzene rings is 1. The van der Waals surface area contributed by atoms with Crippen LogP contribution in [0.1, 0.15) is 30.6 Å². The molecular formula is C16H24Br2O5. The number of aliphatic hydroxyl groups excluding tert-OH is 1. The number of rotatable bonds is 11. The van der Waals surface area contributed by atoms with Gasteiger partial charge in [-0.05, 0) is 50.4 Å². The second kappa shape index (κ2) is 15.1. The van der Waals surface area contributed by atoms with E-state index in [1.807, 2.05) is 13.8 Å². The molecule has 0 heterocycles. The Balaban J connectivity index is 0.00000232. The number of hydrogen-bond donors (Lipinski definition) is 1. The monoisotopic (exact) mass is 454 g/mol. The molecule has 0 aliphatic carbocycles. The molecule has 5 nitrogen and oxygen atoms in total. The van der Waals surface area contributed by atoms with E-state index < -0.39 is 0 Å². The summed E-state index contributed by atoms with van der Waals surface area (Å²) < 4.78 is 17.6. The minimum Gasteiger partial charge on any atom is -0.489 e. The number of aliphatic hydroxyl groups is 1. The van der Waals surface area contributed by atoms with E-state index in [1.54, 1.807) is 12.1 Å². The van der Waals surface area contributed by atoms with Crippen molar-refractivity contribution in [2.75, 3.05) is 39.6 Å². The van der Waals surface area contributed by atoms with E-state index in [9.17, 15) is 4.79 Å². The smallest absolute Gasteiger partial charge is 0.150 e. The van der Waals surface area contributed by atoms with Gasteiger partial charge in [0.05, 0.1) is 28.8 Å². The highest BCUT2D eigenvalue weighted by atomic mass is 79.9. The molecule has 0 fully saturated rings. The van der Waals surface area contributed by atoms with Gasteiger partial charge < -0.3 is 19.3 Å². The van der Waals surface area contributed by atoms with Gasteiger partial charge in [0.25, 0.3) is 0 Å². The minimum atomic E-state index is 0.140. The lowest BCUT2D eigenvalue weighted by atomic mass is 10.2. The molecule has 0 amide bonds. The number of ether oxygens (including phenoxy) is 3. The van der Waals surface area contributed by atoms with E-state index in [0.717, 1.165) is 6.29 Å². The Morgan fingerprint density at radius 3 is 2.04 bits per heavy atom. The molecule has 0 aliphatic rings. The molecule has 1 N–H and O–H groups in total. The molecule has 0 saturated carbocycles. The molecule has 0 aromatic heterocycles. The Morgan fingerprint density at radius 2 is 1.52 bits per heavy atom. The van der Waals surface area contributed by atoms with Crippen molar-refractivity contribution in [2.45, 2.75) is 20.3 Å². The largest absolute Gasteiger partial charge is 0.489 e. The van der Waals surface area contributed by atoms with E-state index >= 15 is 0 Å². The van der Waals surface area contributed by atoms with Crippen LogP contribution in [-0.4, -0.2) is 51.0 Å². The predicted octanol–water partition coefficient (Wildman–Crippen LogP) is 3.84. The van der Waals surface area contributed by atoms with Crippen LogP contribution >= 0.6 is 31.9 Å². The second-order valence-electron chi connectivity index (χ2n) is 4.08. The van der Waals surface area contributed by atoms with Gasteiger partial charge in [0.1, 0.15) is 18.6 Å². The molecular weight excluding hydrogens is 432 g/mol. The zero-order valence-electron chi connectivity index (χ0n) is 13.5. The number of hydrogen-bond acceptors (Lipinski definition) is 5. The van der Waals surface area contributed by atoms with Gasteiger partial charge in [0.15, 0.2) is 0 Å². The van der Waals surface area contributed by atoms with Gasteiger partial charge in [-0.1, -0.05) is 13.8 Å². The Bertz CT molecular complexity index is 417. The van der Waals surface area contributed by atoms with E-state index in [4.69, 9.17) is 19.3 Å². The maximum Gasteiger partial charge on any atom is 0.150 e. The van der Waals surface area contributed by atoms with Gasteiger partial charge in [0.2, 0.25) is 0 Å². The van der Waals surface area contributed by atoms with Crippen LogP contribution in [0.5, 0.6) is 5.75 Å².